The van der Waals surface area contributed by atoms with E-state index < -0.39 is 11.9 Å². The summed E-state index contributed by atoms with van der Waals surface area (Å²) in [7, 11) is 0. The van der Waals surface area contributed by atoms with E-state index in [1.165, 1.54) is 0 Å². The minimum absolute atomic E-state index is 0. The maximum atomic E-state index is 11.1. The van der Waals surface area contributed by atoms with Crippen LogP contribution in [0.5, 0.6) is 0 Å². The third-order valence-electron chi connectivity index (χ3n) is 1.37. The van der Waals surface area contributed by atoms with E-state index in [1.807, 2.05) is 0 Å². The first-order valence-electron chi connectivity index (χ1n) is 3.67. The third kappa shape index (κ3) is 3.61. The fraction of sp³-hybridized carbons (Fsp3) is 0. The average molecular weight is 183 g/mol. The molecule has 1 rings (SSSR count). The molecule has 0 amide bonds. The summed E-state index contributed by atoms with van der Waals surface area (Å²) in [6.45, 7) is 3.18. The number of hydrogen-bond donors (Lipinski definition) is 0. The van der Waals surface area contributed by atoms with Crippen molar-refractivity contribution in [1.29, 1.82) is 0 Å². The zero-order chi connectivity index (χ0) is 9.68. The second kappa shape index (κ2) is 6.20. The Hall–Kier alpha value is -1.30. The maximum Gasteiger partial charge on any atom is 0.346 e. The molecule has 67 valence electrons. The minimum Gasteiger partial charge on any atom is -0.386 e. The van der Waals surface area contributed by atoms with Gasteiger partial charge in [0.15, 0.2) is 0 Å². The van der Waals surface area contributed by atoms with Gasteiger partial charge >= 0.3 is 11.9 Å². The van der Waals surface area contributed by atoms with Gasteiger partial charge in [-0.1, -0.05) is 24.8 Å². The zero-order valence-electron chi connectivity index (χ0n) is 7.90. The van der Waals surface area contributed by atoms with Crippen molar-refractivity contribution in [3.63, 3.8) is 0 Å². The van der Waals surface area contributed by atoms with Gasteiger partial charge in [-0.3, -0.25) is 0 Å². The molecule has 0 fully saturated rings. The Morgan fingerprint density at radius 1 is 1.21 bits per heavy atom. The third-order valence-corrected chi connectivity index (χ3v) is 1.37. The van der Waals surface area contributed by atoms with Gasteiger partial charge in [-0.25, -0.2) is 9.59 Å². The normalized spacial score (nSPS) is 8.29. The van der Waals surface area contributed by atoms with E-state index in [0.29, 0.717) is 5.56 Å². The molecule has 1 aromatic carbocycles. The SMILES string of the molecule is C=CC(=O)OC(=O)c1ccccc1.[Li]. The molecule has 0 saturated carbocycles. The summed E-state index contributed by atoms with van der Waals surface area (Å²) in [5.41, 5.74) is 0.345. The molecule has 0 unspecified atom stereocenters. The quantitative estimate of drug-likeness (QED) is 0.299. The van der Waals surface area contributed by atoms with E-state index in [0.717, 1.165) is 6.08 Å². The maximum absolute atomic E-state index is 11.1. The molecular formula is C10H8LiO3. The molecule has 3 nitrogen and oxygen atoms in total. The fourth-order valence-electron chi connectivity index (χ4n) is 0.766. The van der Waals surface area contributed by atoms with Gasteiger partial charge in [0.1, 0.15) is 0 Å². The topological polar surface area (TPSA) is 43.4 Å². The van der Waals surface area contributed by atoms with Gasteiger partial charge in [-0.15, -0.1) is 0 Å². The van der Waals surface area contributed by atoms with Crippen LogP contribution in [0.3, 0.4) is 0 Å². The summed E-state index contributed by atoms with van der Waals surface area (Å²) >= 11 is 0. The second-order valence-electron chi connectivity index (χ2n) is 2.28. The molecule has 0 spiro atoms. The van der Waals surface area contributed by atoms with Gasteiger partial charge in [0.05, 0.1) is 5.56 Å². The van der Waals surface area contributed by atoms with Crippen LogP contribution >= 0.6 is 0 Å². The molecule has 0 aliphatic heterocycles. The molecule has 0 saturated heterocycles. The van der Waals surface area contributed by atoms with Crippen molar-refractivity contribution >= 4 is 30.8 Å². The van der Waals surface area contributed by atoms with Crippen LogP contribution in [0.25, 0.3) is 0 Å². The Balaban J connectivity index is 0.00000169. The van der Waals surface area contributed by atoms with Crippen molar-refractivity contribution in [1.82, 2.24) is 0 Å². The van der Waals surface area contributed by atoms with Crippen molar-refractivity contribution in [3.8, 4) is 0 Å². The Bertz CT molecular complexity index is 332. The largest absolute Gasteiger partial charge is 0.386 e. The van der Waals surface area contributed by atoms with Gasteiger partial charge in [-0.05, 0) is 12.1 Å². The summed E-state index contributed by atoms with van der Waals surface area (Å²) in [6, 6.07) is 8.29. The number of carbonyl (C=O) groups is 2. The first kappa shape index (κ1) is 12.7. The summed E-state index contributed by atoms with van der Waals surface area (Å²) in [5.74, 6) is -1.40. The second-order valence-corrected chi connectivity index (χ2v) is 2.28. The van der Waals surface area contributed by atoms with Gasteiger partial charge in [0.2, 0.25) is 0 Å². The average Bonchev–Trinajstić information content (AvgIpc) is 2.19. The molecule has 0 atom stereocenters. The molecule has 0 aliphatic rings. The van der Waals surface area contributed by atoms with Crippen LogP contribution in [0.4, 0.5) is 0 Å². The molecule has 1 radical (unpaired) electrons. The van der Waals surface area contributed by atoms with Gasteiger partial charge in [0, 0.05) is 24.9 Å². The molecule has 0 aromatic heterocycles. The summed E-state index contributed by atoms with van der Waals surface area (Å²) in [6.07, 6.45) is 0.945. The number of esters is 2. The molecule has 4 heteroatoms. The molecule has 0 aliphatic carbocycles. The predicted octanol–water partition coefficient (Wildman–Crippen LogP) is 1.18. The number of rotatable bonds is 2. The van der Waals surface area contributed by atoms with Crippen LogP contribution in [0.1, 0.15) is 10.4 Å². The first-order valence-corrected chi connectivity index (χ1v) is 3.67. The molecule has 0 N–H and O–H groups in total. The number of benzene rings is 1. The van der Waals surface area contributed by atoms with Crippen molar-refractivity contribution < 1.29 is 14.3 Å². The molecule has 14 heavy (non-hydrogen) atoms. The molecule has 1 aromatic rings. The molecular weight excluding hydrogens is 175 g/mol. The van der Waals surface area contributed by atoms with Crippen molar-refractivity contribution in [2.75, 3.05) is 0 Å². The number of carbonyl (C=O) groups excluding carboxylic acids is 2. The van der Waals surface area contributed by atoms with Crippen molar-refractivity contribution in [2.45, 2.75) is 0 Å². The first-order chi connectivity index (χ1) is 6.24. The van der Waals surface area contributed by atoms with Crippen LogP contribution in [-0.2, 0) is 9.53 Å². The standard InChI is InChI=1S/C10H8O3.Li/c1-2-9(11)13-10(12)8-6-4-3-5-7-8;/h2-7H,1H2;. The smallest absolute Gasteiger partial charge is 0.346 e. The summed E-state index contributed by atoms with van der Waals surface area (Å²) in [5, 5.41) is 0. The minimum atomic E-state index is -0.742. The molecule has 0 heterocycles. The van der Waals surface area contributed by atoms with Crippen LogP contribution in [0.2, 0.25) is 0 Å². The van der Waals surface area contributed by atoms with Gasteiger partial charge < -0.3 is 4.74 Å². The van der Waals surface area contributed by atoms with Gasteiger partial charge in [-0.2, -0.15) is 0 Å². The van der Waals surface area contributed by atoms with E-state index in [4.69, 9.17) is 0 Å². The van der Waals surface area contributed by atoms with E-state index >= 15 is 0 Å². The van der Waals surface area contributed by atoms with Crippen LogP contribution in [0, 0.1) is 0 Å². The van der Waals surface area contributed by atoms with E-state index in [2.05, 4.69) is 11.3 Å². The fourth-order valence-corrected chi connectivity index (χ4v) is 0.766. The van der Waals surface area contributed by atoms with Crippen LogP contribution < -0.4 is 0 Å². The van der Waals surface area contributed by atoms with Crippen LogP contribution in [-0.4, -0.2) is 30.8 Å². The Kier molecular flexibility index (Phi) is 5.62. The zero-order valence-corrected chi connectivity index (χ0v) is 7.90. The van der Waals surface area contributed by atoms with Crippen molar-refractivity contribution in [3.05, 3.63) is 48.6 Å². The Labute approximate surface area is 93.9 Å². The van der Waals surface area contributed by atoms with Gasteiger partial charge in [0.25, 0.3) is 0 Å². The van der Waals surface area contributed by atoms with Crippen molar-refractivity contribution in [2.24, 2.45) is 0 Å². The van der Waals surface area contributed by atoms with E-state index in [-0.39, 0.29) is 18.9 Å². The molecule has 0 bridgehead atoms. The number of hydrogen-bond acceptors (Lipinski definition) is 3. The summed E-state index contributed by atoms with van der Waals surface area (Å²) in [4.78, 5) is 21.8. The van der Waals surface area contributed by atoms with Crippen LogP contribution in [0.15, 0.2) is 43.0 Å². The van der Waals surface area contributed by atoms with E-state index in [9.17, 15) is 9.59 Å². The van der Waals surface area contributed by atoms with E-state index in [1.54, 1.807) is 30.3 Å². The predicted molar refractivity (Wildman–Crippen MR) is 52.8 cm³/mol. The Morgan fingerprint density at radius 3 is 2.29 bits per heavy atom. The Morgan fingerprint density at radius 2 is 1.79 bits per heavy atom. The monoisotopic (exact) mass is 183 g/mol. The number of ether oxygens (including phenoxy) is 1. The summed E-state index contributed by atoms with van der Waals surface area (Å²) < 4.78 is 4.39.